The standard InChI is InChI=1S/C18H19F3N4O3S/c1-28-13-5-3-2-4-12(13)22-15(26)11-6-8-25(9-7-11)17(27)24-16-23-14(10-29-16)18(19,20)21/h2-5,10-11H,6-9H2,1H3,(H,22,26)(H,23,24,27). The number of aromatic nitrogens is 1. The molecular weight excluding hydrogens is 409 g/mol. The summed E-state index contributed by atoms with van der Waals surface area (Å²) < 4.78 is 43.0. The van der Waals surface area contributed by atoms with E-state index in [4.69, 9.17) is 4.74 Å². The number of para-hydroxylation sites is 2. The second kappa shape index (κ2) is 8.68. The van der Waals surface area contributed by atoms with Crippen LogP contribution in [0.2, 0.25) is 0 Å². The molecule has 11 heteroatoms. The molecule has 0 radical (unpaired) electrons. The molecule has 3 amide bonds. The van der Waals surface area contributed by atoms with Gasteiger partial charge in [0.25, 0.3) is 0 Å². The summed E-state index contributed by atoms with van der Waals surface area (Å²) >= 11 is 0.713. The summed E-state index contributed by atoms with van der Waals surface area (Å²) in [4.78, 5) is 29.6. The van der Waals surface area contributed by atoms with E-state index in [1.807, 2.05) is 0 Å². The molecule has 156 valence electrons. The third-order valence-electron chi connectivity index (χ3n) is 4.53. The molecule has 0 atom stereocenters. The van der Waals surface area contributed by atoms with E-state index in [0.29, 0.717) is 48.7 Å². The van der Waals surface area contributed by atoms with Crippen molar-refractivity contribution in [3.05, 3.63) is 35.3 Å². The van der Waals surface area contributed by atoms with Crippen LogP contribution in [-0.2, 0) is 11.0 Å². The molecule has 2 heterocycles. The van der Waals surface area contributed by atoms with Crippen LogP contribution in [0, 0.1) is 5.92 Å². The van der Waals surface area contributed by atoms with Gasteiger partial charge in [0.1, 0.15) is 5.75 Å². The number of ether oxygens (including phenoxy) is 1. The zero-order valence-electron chi connectivity index (χ0n) is 15.5. The summed E-state index contributed by atoms with van der Waals surface area (Å²) in [5.74, 6) is 0.115. The summed E-state index contributed by atoms with van der Waals surface area (Å²) in [7, 11) is 1.52. The maximum absolute atomic E-state index is 12.6. The Kier molecular flexibility index (Phi) is 6.26. The van der Waals surface area contributed by atoms with E-state index < -0.39 is 17.9 Å². The normalized spacial score (nSPS) is 15.1. The molecule has 0 bridgehead atoms. The Morgan fingerprint density at radius 2 is 1.90 bits per heavy atom. The minimum Gasteiger partial charge on any atom is -0.495 e. The topological polar surface area (TPSA) is 83.6 Å². The van der Waals surface area contributed by atoms with Crippen molar-refractivity contribution in [3.8, 4) is 5.75 Å². The number of halogens is 3. The molecule has 1 saturated heterocycles. The lowest BCUT2D eigenvalue weighted by atomic mass is 9.96. The summed E-state index contributed by atoms with van der Waals surface area (Å²) in [5.41, 5.74) is -0.464. The number of benzene rings is 1. The van der Waals surface area contributed by atoms with E-state index in [0.717, 1.165) is 5.38 Å². The van der Waals surface area contributed by atoms with Crippen molar-refractivity contribution < 1.29 is 27.5 Å². The SMILES string of the molecule is COc1ccccc1NC(=O)C1CCN(C(=O)Nc2nc(C(F)(F)F)cs2)CC1. The smallest absolute Gasteiger partial charge is 0.434 e. The number of carbonyl (C=O) groups is 2. The Hall–Kier alpha value is -2.82. The van der Waals surface area contributed by atoms with Gasteiger partial charge in [-0.15, -0.1) is 11.3 Å². The molecule has 0 spiro atoms. The van der Waals surface area contributed by atoms with E-state index in [1.165, 1.54) is 12.0 Å². The minimum absolute atomic E-state index is 0.113. The van der Waals surface area contributed by atoms with Crippen LogP contribution >= 0.6 is 11.3 Å². The largest absolute Gasteiger partial charge is 0.495 e. The number of nitrogens with zero attached hydrogens (tertiary/aromatic N) is 2. The van der Waals surface area contributed by atoms with Gasteiger partial charge >= 0.3 is 12.2 Å². The van der Waals surface area contributed by atoms with Crippen LogP contribution in [0.1, 0.15) is 18.5 Å². The van der Waals surface area contributed by atoms with Crippen LogP contribution in [0.5, 0.6) is 5.75 Å². The highest BCUT2D eigenvalue weighted by Gasteiger charge is 2.34. The van der Waals surface area contributed by atoms with Crippen LogP contribution in [0.3, 0.4) is 0 Å². The number of rotatable bonds is 4. The zero-order valence-corrected chi connectivity index (χ0v) is 16.3. The number of likely N-dealkylation sites (tertiary alicyclic amines) is 1. The van der Waals surface area contributed by atoms with Crippen LogP contribution in [-0.4, -0.2) is 42.0 Å². The molecule has 2 aromatic rings. The van der Waals surface area contributed by atoms with Gasteiger partial charge in [0.15, 0.2) is 10.8 Å². The highest BCUT2D eigenvalue weighted by atomic mass is 32.1. The van der Waals surface area contributed by atoms with Crippen LogP contribution in [0.15, 0.2) is 29.6 Å². The van der Waals surface area contributed by atoms with Gasteiger partial charge in [-0.25, -0.2) is 9.78 Å². The number of amides is 3. The molecule has 0 saturated carbocycles. The Balaban J connectivity index is 1.51. The van der Waals surface area contributed by atoms with Crippen LogP contribution < -0.4 is 15.4 Å². The third-order valence-corrected chi connectivity index (χ3v) is 5.28. The molecular formula is C18H19F3N4O3S. The average molecular weight is 428 g/mol. The predicted molar refractivity (Wildman–Crippen MR) is 102 cm³/mol. The van der Waals surface area contributed by atoms with Gasteiger partial charge in [-0.1, -0.05) is 12.1 Å². The molecule has 0 aliphatic carbocycles. The number of carbonyl (C=O) groups excluding carboxylic acids is 2. The van der Waals surface area contributed by atoms with Gasteiger partial charge in [0.05, 0.1) is 12.8 Å². The molecule has 1 aromatic heterocycles. The molecule has 3 rings (SSSR count). The predicted octanol–water partition coefficient (Wildman–Crippen LogP) is 4.05. The number of piperidine rings is 1. The Bertz CT molecular complexity index is 879. The van der Waals surface area contributed by atoms with Gasteiger partial charge in [0.2, 0.25) is 5.91 Å². The fourth-order valence-electron chi connectivity index (χ4n) is 2.96. The van der Waals surface area contributed by atoms with Crippen molar-refractivity contribution in [3.63, 3.8) is 0 Å². The van der Waals surface area contributed by atoms with Gasteiger partial charge in [0, 0.05) is 24.4 Å². The first-order chi connectivity index (χ1) is 13.8. The zero-order chi connectivity index (χ0) is 21.0. The highest BCUT2D eigenvalue weighted by molar-refractivity contribution is 7.13. The Morgan fingerprint density at radius 1 is 1.21 bits per heavy atom. The van der Waals surface area contributed by atoms with E-state index in [2.05, 4.69) is 15.6 Å². The van der Waals surface area contributed by atoms with Crippen molar-refractivity contribution in [2.45, 2.75) is 19.0 Å². The second-order valence-corrected chi connectivity index (χ2v) is 7.27. The van der Waals surface area contributed by atoms with E-state index in [-0.39, 0.29) is 17.0 Å². The quantitative estimate of drug-likeness (QED) is 0.770. The number of methoxy groups -OCH3 is 1. The van der Waals surface area contributed by atoms with Crippen molar-refractivity contribution in [2.24, 2.45) is 5.92 Å². The van der Waals surface area contributed by atoms with Crippen molar-refractivity contribution >= 4 is 34.1 Å². The molecule has 1 aliphatic heterocycles. The summed E-state index contributed by atoms with van der Waals surface area (Å²) in [6.45, 7) is 0.626. The molecule has 7 nitrogen and oxygen atoms in total. The van der Waals surface area contributed by atoms with Gasteiger partial charge in [-0.3, -0.25) is 10.1 Å². The fraction of sp³-hybridized carbons (Fsp3) is 0.389. The number of hydrogen-bond acceptors (Lipinski definition) is 5. The Labute approximate surface area is 168 Å². The Morgan fingerprint density at radius 3 is 2.52 bits per heavy atom. The molecule has 1 aliphatic rings. The summed E-state index contributed by atoms with van der Waals surface area (Å²) in [5, 5.41) is 5.95. The molecule has 1 aromatic carbocycles. The number of hydrogen-bond donors (Lipinski definition) is 2. The average Bonchev–Trinajstić information content (AvgIpc) is 3.17. The van der Waals surface area contributed by atoms with Crippen molar-refractivity contribution in [1.82, 2.24) is 9.88 Å². The van der Waals surface area contributed by atoms with Gasteiger partial charge in [-0.2, -0.15) is 13.2 Å². The van der Waals surface area contributed by atoms with E-state index in [1.54, 1.807) is 24.3 Å². The van der Waals surface area contributed by atoms with Crippen LogP contribution in [0.4, 0.5) is 28.8 Å². The second-order valence-electron chi connectivity index (χ2n) is 6.42. The van der Waals surface area contributed by atoms with Crippen molar-refractivity contribution in [1.29, 1.82) is 0 Å². The number of anilines is 2. The lowest BCUT2D eigenvalue weighted by Crippen LogP contribution is -2.43. The maximum atomic E-state index is 12.6. The lowest BCUT2D eigenvalue weighted by molar-refractivity contribution is -0.140. The van der Waals surface area contributed by atoms with Gasteiger partial charge in [-0.05, 0) is 25.0 Å². The number of urea groups is 1. The van der Waals surface area contributed by atoms with E-state index >= 15 is 0 Å². The highest BCUT2D eigenvalue weighted by Crippen LogP contribution is 2.32. The number of alkyl halides is 3. The fourth-order valence-corrected chi connectivity index (χ4v) is 3.67. The third kappa shape index (κ3) is 5.17. The molecule has 0 unspecified atom stereocenters. The maximum Gasteiger partial charge on any atom is 0.434 e. The molecule has 1 fully saturated rings. The lowest BCUT2D eigenvalue weighted by Gasteiger charge is -2.31. The number of thiazole rings is 1. The first kappa shape index (κ1) is 20.9. The minimum atomic E-state index is -4.55. The van der Waals surface area contributed by atoms with E-state index in [9.17, 15) is 22.8 Å². The monoisotopic (exact) mass is 428 g/mol. The number of nitrogens with one attached hydrogen (secondary N) is 2. The van der Waals surface area contributed by atoms with Crippen LogP contribution in [0.25, 0.3) is 0 Å². The summed E-state index contributed by atoms with van der Waals surface area (Å²) in [6.07, 6.45) is -3.66. The summed E-state index contributed by atoms with van der Waals surface area (Å²) in [6, 6.07) is 6.53. The molecule has 29 heavy (non-hydrogen) atoms. The van der Waals surface area contributed by atoms with Gasteiger partial charge < -0.3 is 15.0 Å². The first-order valence-electron chi connectivity index (χ1n) is 8.80. The molecule has 2 N–H and O–H groups in total. The van der Waals surface area contributed by atoms with Crippen molar-refractivity contribution in [2.75, 3.05) is 30.8 Å². The first-order valence-corrected chi connectivity index (χ1v) is 9.68.